The van der Waals surface area contributed by atoms with Crippen molar-refractivity contribution in [1.82, 2.24) is 9.88 Å². The van der Waals surface area contributed by atoms with Gasteiger partial charge in [0, 0.05) is 30.1 Å². The fraction of sp³-hybridized carbons (Fsp3) is 0.333. The summed E-state index contributed by atoms with van der Waals surface area (Å²) in [5, 5.41) is 13.8. The van der Waals surface area contributed by atoms with Gasteiger partial charge in [0.15, 0.2) is 0 Å². The minimum Gasteiger partial charge on any atom is -0.481 e. The predicted octanol–water partition coefficient (Wildman–Crippen LogP) is 6.69. The second-order valence-corrected chi connectivity index (χ2v) is 10.3. The van der Waals surface area contributed by atoms with E-state index in [1.54, 1.807) is 0 Å². The number of aromatic nitrogens is 1. The molecule has 0 atom stereocenters. The molecule has 34 heavy (non-hydrogen) atoms. The molecule has 4 heteroatoms. The maximum Gasteiger partial charge on any atom is 0.303 e. The van der Waals surface area contributed by atoms with Gasteiger partial charge < -0.3 is 5.11 Å². The van der Waals surface area contributed by atoms with Crippen molar-refractivity contribution >= 4 is 27.5 Å². The number of hydrogen-bond donors (Lipinski definition) is 1. The standard InChI is InChI=1S/C30H32N2O2/c1-30(2)15-17-32(18-16-30)20-22-19-31-29(26-9-4-3-8-24(22)26)27-12-6-10-23-21(13-14-28(33)34)7-5-11-25(23)27/h3-12,19H,13-18,20H2,1-2H3,(H,33,34). The van der Waals surface area contributed by atoms with Crippen LogP contribution in [0.3, 0.4) is 0 Å². The zero-order chi connectivity index (χ0) is 23.7. The van der Waals surface area contributed by atoms with Gasteiger partial charge in [-0.1, -0.05) is 74.5 Å². The van der Waals surface area contributed by atoms with Gasteiger partial charge in [-0.05, 0) is 65.1 Å². The van der Waals surface area contributed by atoms with Crippen LogP contribution in [-0.4, -0.2) is 34.0 Å². The maximum atomic E-state index is 11.1. The summed E-state index contributed by atoms with van der Waals surface area (Å²) in [6, 6.07) is 21.0. The molecule has 1 N–H and O–H groups in total. The third-order valence-electron chi connectivity index (χ3n) is 7.36. The number of fused-ring (bicyclic) bond motifs is 2. The molecule has 1 aromatic heterocycles. The third-order valence-corrected chi connectivity index (χ3v) is 7.36. The number of aryl methyl sites for hydroxylation is 1. The number of hydrogen-bond acceptors (Lipinski definition) is 3. The second kappa shape index (κ2) is 9.19. The number of pyridine rings is 1. The van der Waals surface area contributed by atoms with Gasteiger partial charge in [0.25, 0.3) is 0 Å². The van der Waals surface area contributed by atoms with Crippen LogP contribution in [0.2, 0.25) is 0 Å². The summed E-state index contributed by atoms with van der Waals surface area (Å²) in [5.74, 6) is -0.770. The van der Waals surface area contributed by atoms with E-state index in [9.17, 15) is 4.79 Å². The minimum absolute atomic E-state index is 0.132. The van der Waals surface area contributed by atoms with Crippen LogP contribution in [0, 0.1) is 5.41 Å². The van der Waals surface area contributed by atoms with Crippen LogP contribution in [0.25, 0.3) is 32.8 Å². The smallest absolute Gasteiger partial charge is 0.303 e. The van der Waals surface area contributed by atoms with Crippen molar-refractivity contribution in [3.05, 3.63) is 78.0 Å². The molecule has 0 saturated carbocycles. The van der Waals surface area contributed by atoms with Gasteiger partial charge in [-0.3, -0.25) is 14.7 Å². The number of carboxylic acids is 1. The maximum absolute atomic E-state index is 11.1. The summed E-state index contributed by atoms with van der Waals surface area (Å²) < 4.78 is 0. The van der Waals surface area contributed by atoms with Gasteiger partial charge in [-0.25, -0.2) is 0 Å². The highest BCUT2D eigenvalue weighted by molar-refractivity contribution is 6.05. The minimum atomic E-state index is -0.770. The Labute approximate surface area is 201 Å². The Bertz CT molecular complexity index is 1350. The van der Waals surface area contributed by atoms with Crippen molar-refractivity contribution in [3.8, 4) is 11.3 Å². The van der Waals surface area contributed by atoms with E-state index in [1.807, 2.05) is 12.1 Å². The molecule has 1 fully saturated rings. The molecule has 4 nitrogen and oxygen atoms in total. The molecule has 0 spiro atoms. The molecule has 0 radical (unpaired) electrons. The van der Waals surface area contributed by atoms with Crippen molar-refractivity contribution in [3.63, 3.8) is 0 Å². The molecule has 0 aliphatic carbocycles. The predicted molar refractivity (Wildman–Crippen MR) is 139 cm³/mol. The Morgan fingerprint density at radius 3 is 2.29 bits per heavy atom. The second-order valence-electron chi connectivity index (χ2n) is 10.3. The molecule has 4 aromatic rings. The van der Waals surface area contributed by atoms with Crippen molar-refractivity contribution in [2.45, 2.75) is 46.1 Å². The summed E-state index contributed by atoms with van der Waals surface area (Å²) in [7, 11) is 0. The number of carboxylic acid groups (broad SMARTS) is 1. The van der Waals surface area contributed by atoms with Gasteiger partial charge in [0.2, 0.25) is 0 Å². The van der Waals surface area contributed by atoms with Crippen LogP contribution in [0.5, 0.6) is 0 Å². The Morgan fingerprint density at radius 1 is 0.882 bits per heavy atom. The van der Waals surface area contributed by atoms with Crippen molar-refractivity contribution in [2.75, 3.05) is 13.1 Å². The van der Waals surface area contributed by atoms with E-state index in [-0.39, 0.29) is 6.42 Å². The first-order chi connectivity index (χ1) is 16.4. The fourth-order valence-corrected chi connectivity index (χ4v) is 5.19. The number of aliphatic carboxylic acids is 1. The quantitative estimate of drug-likeness (QED) is 0.354. The van der Waals surface area contributed by atoms with E-state index in [0.29, 0.717) is 11.8 Å². The topological polar surface area (TPSA) is 53.4 Å². The van der Waals surface area contributed by atoms with E-state index in [1.165, 1.54) is 29.2 Å². The molecule has 0 amide bonds. The molecular weight excluding hydrogens is 420 g/mol. The summed E-state index contributed by atoms with van der Waals surface area (Å²) >= 11 is 0. The molecule has 0 bridgehead atoms. The molecule has 174 valence electrons. The molecule has 0 unspecified atom stereocenters. The van der Waals surface area contributed by atoms with Crippen LogP contribution in [0.15, 0.2) is 66.9 Å². The number of benzene rings is 3. The highest BCUT2D eigenvalue weighted by atomic mass is 16.4. The normalized spacial score (nSPS) is 16.2. The zero-order valence-corrected chi connectivity index (χ0v) is 20.1. The van der Waals surface area contributed by atoms with E-state index >= 15 is 0 Å². The molecule has 1 aliphatic rings. The molecule has 1 saturated heterocycles. The van der Waals surface area contributed by atoms with Crippen LogP contribution in [-0.2, 0) is 17.8 Å². The van der Waals surface area contributed by atoms with E-state index in [0.717, 1.165) is 47.2 Å². The summed E-state index contributed by atoms with van der Waals surface area (Å²) in [6.07, 6.45) is 5.18. The molecule has 5 rings (SSSR count). The van der Waals surface area contributed by atoms with Gasteiger partial charge in [-0.2, -0.15) is 0 Å². The van der Waals surface area contributed by atoms with Crippen LogP contribution < -0.4 is 0 Å². The SMILES string of the molecule is CC1(C)CCN(Cc2cnc(-c3cccc4c(CCC(=O)O)cccc34)c3ccccc23)CC1. The highest BCUT2D eigenvalue weighted by Gasteiger charge is 2.25. The number of piperidine rings is 1. The molecular formula is C30H32N2O2. The summed E-state index contributed by atoms with van der Waals surface area (Å²) in [5.41, 5.74) is 4.87. The van der Waals surface area contributed by atoms with E-state index in [2.05, 4.69) is 73.5 Å². The van der Waals surface area contributed by atoms with Gasteiger partial charge in [0.1, 0.15) is 0 Å². The van der Waals surface area contributed by atoms with Crippen LogP contribution >= 0.6 is 0 Å². The Hall–Kier alpha value is -3.24. The zero-order valence-electron chi connectivity index (χ0n) is 20.1. The van der Waals surface area contributed by atoms with Crippen molar-refractivity contribution in [2.24, 2.45) is 5.41 Å². The summed E-state index contributed by atoms with van der Waals surface area (Å²) in [4.78, 5) is 18.7. The number of carbonyl (C=O) groups is 1. The summed E-state index contributed by atoms with van der Waals surface area (Å²) in [6.45, 7) is 7.93. The van der Waals surface area contributed by atoms with Crippen molar-refractivity contribution < 1.29 is 9.90 Å². The number of nitrogens with zero attached hydrogens (tertiary/aromatic N) is 2. The van der Waals surface area contributed by atoms with E-state index < -0.39 is 5.97 Å². The lowest BCUT2D eigenvalue weighted by atomic mass is 9.82. The van der Waals surface area contributed by atoms with Crippen LogP contribution in [0.4, 0.5) is 0 Å². The highest BCUT2D eigenvalue weighted by Crippen LogP contribution is 2.36. The van der Waals surface area contributed by atoms with Gasteiger partial charge in [0.05, 0.1) is 5.69 Å². The number of likely N-dealkylation sites (tertiary alicyclic amines) is 1. The van der Waals surface area contributed by atoms with Crippen molar-refractivity contribution in [1.29, 1.82) is 0 Å². The van der Waals surface area contributed by atoms with Gasteiger partial charge in [-0.15, -0.1) is 0 Å². The Kier molecular flexibility index (Phi) is 6.09. The van der Waals surface area contributed by atoms with Gasteiger partial charge >= 0.3 is 5.97 Å². The molecule has 2 heterocycles. The average molecular weight is 453 g/mol. The van der Waals surface area contributed by atoms with Crippen LogP contribution in [0.1, 0.15) is 44.2 Å². The fourth-order valence-electron chi connectivity index (χ4n) is 5.19. The lowest BCUT2D eigenvalue weighted by molar-refractivity contribution is -0.136. The lowest BCUT2D eigenvalue weighted by Crippen LogP contribution is -2.36. The largest absolute Gasteiger partial charge is 0.481 e. The molecule has 1 aliphatic heterocycles. The first kappa shape index (κ1) is 22.5. The third kappa shape index (κ3) is 4.55. The monoisotopic (exact) mass is 452 g/mol. The molecule has 3 aromatic carbocycles. The average Bonchev–Trinajstić information content (AvgIpc) is 2.84. The Balaban J connectivity index is 1.55. The number of rotatable bonds is 6. The van der Waals surface area contributed by atoms with E-state index in [4.69, 9.17) is 10.1 Å². The Morgan fingerprint density at radius 2 is 1.53 bits per heavy atom. The lowest BCUT2D eigenvalue weighted by Gasteiger charge is -2.37. The first-order valence-corrected chi connectivity index (χ1v) is 12.2. The first-order valence-electron chi connectivity index (χ1n) is 12.2.